The van der Waals surface area contributed by atoms with E-state index < -0.39 is 0 Å². The Bertz CT molecular complexity index is 248. The van der Waals surface area contributed by atoms with Crippen molar-refractivity contribution in [3.63, 3.8) is 0 Å². The minimum absolute atomic E-state index is 0.344. The number of rotatable bonds is 0. The van der Waals surface area contributed by atoms with Crippen molar-refractivity contribution in [2.45, 2.75) is 54.4 Å². The molecule has 0 heterocycles. The second kappa shape index (κ2) is 3.61. The van der Waals surface area contributed by atoms with Crippen molar-refractivity contribution in [1.29, 1.82) is 0 Å². The maximum Gasteiger partial charge on any atom is 0.0254 e. The lowest BCUT2D eigenvalue weighted by molar-refractivity contribution is 0.161. The van der Waals surface area contributed by atoms with Gasteiger partial charge >= 0.3 is 0 Å². The first kappa shape index (κ1) is 11.6. The van der Waals surface area contributed by atoms with Gasteiger partial charge in [-0.1, -0.05) is 47.5 Å². The van der Waals surface area contributed by atoms with Crippen molar-refractivity contribution in [3.8, 4) is 11.8 Å². The van der Waals surface area contributed by atoms with Gasteiger partial charge in [0.1, 0.15) is 0 Å². The molecule has 2 atom stereocenters. The van der Waals surface area contributed by atoms with E-state index in [1.54, 1.807) is 0 Å². The zero-order valence-electron chi connectivity index (χ0n) is 10.6. The van der Waals surface area contributed by atoms with Crippen LogP contribution in [0.2, 0.25) is 0 Å². The summed E-state index contributed by atoms with van der Waals surface area (Å²) in [5.41, 5.74) is 0.759. The fourth-order valence-corrected chi connectivity index (χ4v) is 1.96. The molecule has 0 N–H and O–H groups in total. The van der Waals surface area contributed by atoms with E-state index in [1.807, 2.05) is 0 Å². The standard InChI is InChI=1S/C14H24/c1-13(2,3)11-8-7-9-12(10-11)14(4,5)6/h11-12H,8,10H2,1-6H3. The van der Waals surface area contributed by atoms with E-state index in [1.165, 1.54) is 6.42 Å². The van der Waals surface area contributed by atoms with E-state index in [0.29, 0.717) is 16.7 Å². The Morgan fingerprint density at radius 1 is 0.929 bits per heavy atom. The molecule has 1 aliphatic carbocycles. The maximum atomic E-state index is 3.41. The number of hydrogen-bond acceptors (Lipinski definition) is 0. The first-order valence-electron chi connectivity index (χ1n) is 5.69. The zero-order valence-corrected chi connectivity index (χ0v) is 10.6. The molecule has 0 saturated carbocycles. The lowest BCUT2D eigenvalue weighted by Gasteiger charge is -2.37. The van der Waals surface area contributed by atoms with Gasteiger partial charge in [-0.3, -0.25) is 0 Å². The Morgan fingerprint density at radius 2 is 1.50 bits per heavy atom. The van der Waals surface area contributed by atoms with Gasteiger partial charge in [0.25, 0.3) is 0 Å². The van der Waals surface area contributed by atoms with Crippen LogP contribution in [-0.2, 0) is 0 Å². The van der Waals surface area contributed by atoms with Gasteiger partial charge in [-0.2, -0.15) is 0 Å². The van der Waals surface area contributed by atoms with Crippen LogP contribution in [0.25, 0.3) is 0 Å². The summed E-state index contributed by atoms with van der Waals surface area (Å²) in [4.78, 5) is 0. The Balaban J connectivity index is 2.74. The quantitative estimate of drug-likeness (QED) is 0.507. The average Bonchev–Trinajstić information content (AvgIpc) is 2.01. The third kappa shape index (κ3) is 2.77. The van der Waals surface area contributed by atoms with Crippen LogP contribution in [0.4, 0.5) is 0 Å². The smallest absolute Gasteiger partial charge is 0.0254 e. The van der Waals surface area contributed by atoms with Gasteiger partial charge in [0.2, 0.25) is 0 Å². The third-order valence-corrected chi connectivity index (χ3v) is 3.42. The fraction of sp³-hybridized carbons (Fsp3) is 0.857. The molecule has 1 rings (SSSR count). The maximum absolute atomic E-state index is 3.41. The molecule has 14 heavy (non-hydrogen) atoms. The normalized spacial score (nSPS) is 28.1. The highest BCUT2D eigenvalue weighted by Gasteiger charge is 2.33. The SMILES string of the molecule is CC(C)(C)C1C#CCC(C(C)(C)C)C1. The van der Waals surface area contributed by atoms with E-state index in [-0.39, 0.29) is 0 Å². The molecule has 0 aromatic rings. The summed E-state index contributed by atoms with van der Waals surface area (Å²) in [7, 11) is 0. The van der Waals surface area contributed by atoms with Gasteiger partial charge in [-0.15, -0.1) is 5.92 Å². The van der Waals surface area contributed by atoms with Crippen LogP contribution >= 0.6 is 0 Å². The lowest BCUT2D eigenvalue weighted by atomic mass is 9.67. The summed E-state index contributed by atoms with van der Waals surface area (Å²) in [5, 5.41) is 0. The Hall–Kier alpha value is -0.440. The summed E-state index contributed by atoms with van der Waals surface area (Å²) in [6.45, 7) is 13.9. The predicted molar refractivity (Wildman–Crippen MR) is 62.9 cm³/mol. The van der Waals surface area contributed by atoms with Gasteiger partial charge in [0, 0.05) is 12.3 Å². The van der Waals surface area contributed by atoms with E-state index in [2.05, 4.69) is 53.4 Å². The average molecular weight is 192 g/mol. The summed E-state index contributed by atoms with van der Waals surface area (Å²) >= 11 is 0. The Morgan fingerprint density at radius 3 is 1.93 bits per heavy atom. The monoisotopic (exact) mass is 192 g/mol. The first-order valence-corrected chi connectivity index (χ1v) is 5.69. The molecule has 0 radical (unpaired) electrons. The highest BCUT2D eigenvalue weighted by molar-refractivity contribution is 5.13. The van der Waals surface area contributed by atoms with E-state index in [9.17, 15) is 0 Å². The fourth-order valence-electron chi connectivity index (χ4n) is 1.96. The topological polar surface area (TPSA) is 0 Å². The van der Waals surface area contributed by atoms with Crippen molar-refractivity contribution < 1.29 is 0 Å². The summed E-state index contributed by atoms with van der Waals surface area (Å²) in [5.74, 6) is 8.11. The van der Waals surface area contributed by atoms with Crippen LogP contribution in [-0.4, -0.2) is 0 Å². The van der Waals surface area contributed by atoms with Gasteiger partial charge in [-0.05, 0) is 23.2 Å². The molecule has 0 amide bonds. The van der Waals surface area contributed by atoms with Gasteiger partial charge in [0.15, 0.2) is 0 Å². The summed E-state index contributed by atoms with van der Waals surface area (Å²) in [6, 6.07) is 0. The van der Waals surface area contributed by atoms with Crippen LogP contribution in [0.15, 0.2) is 0 Å². The van der Waals surface area contributed by atoms with Gasteiger partial charge < -0.3 is 0 Å². The Kier molecular flexibility index (Phi) is 3.00. The zero-order chi connectivity index (χ0) is 11.0. The highest BCUT2D eigenvalue weighted by Crippen LogP contribution is 2.40. The number of hydrogen-bond donors (Lipinski definition) is 0. The van der Waals surface area contributed by atoms with Crippen LogP contribution in [0.3, 0.4) is 0 Å². The Labute approximate surface area is 89.5 Å². The molecule has 0 aromatic heterocycles. The molecule has 0 aliphatic heterocycles. The predicted octanol–water partition coefficient (Wildman–Crippen LogP) is 4.11. The first-order chi connectivity index (χ1) is 6.21. The minimum Gasteiger partial charge on any atom is -0.103 e. The molecule has 2 unspecified atom stereocenters. The summed E-state index contributed by atoms with van der Waals surface area (Å²) in [6.07, 6.45) is 2.37. The summed E-state index contributed by atoms with van der Waals surface area (Å²) < 4.78 is 0. The molecule has 0 aromatic carbocycles. The molecule has 0 saturated heterocycles. The molecule has 0 heteroatoms. The van der Waals surface area contributed by atoms with Crippen molar-refractivity contribution in [2.75, 3.05) is 0 Å². The van der Waals surface area contributed by atoms with Gasteiger partial charge in [0.05, 0.1) is 0 Å². The highest BCUT2D eigenvalue weighted by atomic mass is 14.4. The lowest BCUT2D eigenvalue weighted by Crippen LogP contribution is -2.30. The third-order valence-electron chi connectivity index (χ3n) is 3.42. The molecule has 1 aliphatic rings. The van der Waals surface area contributed by atoms with Crippen LogP contribution < -0.4 is 0 Å². The van der Waals surface area contributed by atoms with Crippen molar-refractivity contribution >= 4 is 0 Å². The van der Waals surface area contributed by atoms with E-state index >= 15 is 0 Å². The van der Waals surface area contributed by atoms with Crippen LogP contribution in [0, 0.1) is 34.5 Å². The van der Waals surface area contributed by atoms with E-state index in [0.717, 1.165) is 12.3 Å². The molecule has 0 bridgehead atoms. The van der Waals surface area contributed by atoms with Crippen LogP contribution in [0.1, 0.15) is 54.4 Å². The van der Waals surface area contributed by atoms with Crippen molar-refractivity contribution in [2.24, 2.45) is 22.7 Å². The second-order valence-electron chi connectivity index (χ2n) is 6.74. The molecular weight excluding hydrogens is 168 g/mol. The second-order valence-corrected chi connectivity index (χ2v) is 6.74. The molecule has 0 nitrogen and oxygen atoms in total. The van der Waals surface area contributed by atoms with Crippen LogP contribution in [0.5, 0.6) is 0 Å². The molecular formula is C14H24. The minimum atomic E-state index is 0.344. The van der Waals surface area contributed by atoms with Gasteiger partial charge in [-0.25, -0.2) is 0 Å². The molecule has 80 valence electrons. The van der Waals surface area contributed by atoms with E-state index in [4.69, 9.17) is 0 Å². The molecule has 0 spiro atoms. The van der Waals surface area contributed by atoms with Crippen molar-refractivity contribution in [1.82, 2.24) is 0 Å². The van der Waals surface area contributed by atoms with Crippen molar-refractivity contribution in [3.05, 3.63) is 0 Å². The largest absolute Gasteiger partial charge is 0.103 e. The molecule has 0 fully saturated rings.